The van der Waals surface area contributed by atoms with E-state index in [4.69, 9.17) is 0 Å². The number of likely N-dealkylation sites (tertiary alicyclic amines) is 1. The fourth-order valence-electron chi connectivity index (χ4n) is 3.75. The lowest BCUT2D eigenvalue weighted by molar-refractivity contribution is -0.137. The molecular weight excluding hydrogens is 393 g/mol. The van der Waals surface area contributed by atoms with Crippen molar-refractivity contribution in [2.24, 2.45) is 5.92 Å². The van der Waals surface area contributed by atoms with E-state index in [1.165, 1.54) is 6.92 Å². The van der Waals surface area contributed by atoms with Crippen LogP contribution in [-0.2, 0) is 6.18 Å². The average Bonchev–Trinajstić information content (AvgIpc) is 3.25. The SMILES string of the molecule is Cc1cc(C(F)(F)F)cc(O)c1-c1ccc2cn(C=C=CC3CCN(C)C3)nc2n1. The lowest BCUT2D eigenvalue weighted by Gasteiger charge is -2.13. The molecule has 3 aromatic rings. The van der Waals surface area contributed by atoms with Gasteiger partial charge in [-0.15, -0.1) is 10.8 Å². The van der Waals surface area contributed by atoms with Gasteiger partial charge in [0.15, 0.2) is 5.65 Å². The zero-order valence-corrected chi connectivity index (χ0v) is 16.6. The largest absolute Gasteiger partial charge is 0.507 e. The van der Waals surface area contributed by atoms with Crippen molar-refractivity contribution in [2.45, 2.75) is 19.5 Å². The van der Waals surface area contributed by atoms with Gasteiger partial charge in [-0.1, -0.05) is 0 Å². The quantitative estimate of drug-likeness (QED) is 0.631. The molecule has 1 saturated heterocycles. The fraction of sp³-hybridized carbons (Fsp3) is 0.318. The normalized spacial score (nSPS) is 17.3. The minimum Gasteiger partial charge on any atom is -0.507 e. The Morgan fingerprint density at radius 3 is 2.73 bits per heavy atom. The maximum absolute atomic E-state index is 13.0. The van der Waals surface area contributed by atoms with Crippen LogP contribution in [0.25, 0.3) is 28.5 Å². The second kappa shape index (κ2) is 7.63. The molecule has 1 aromatic carbocycles. The Morgan fingerprint density at radius 2 is 2.07 bits per heavy atom. The summed E-state index contributed by atoms with van der Waals surface area (Å²) in [6.07, 6.45) is 2.15. The Morgan fingerprint density at radius 1 is 1.27 bits per heavy atom. The van der Waals surface area contributed by atoms with Gasteiger partial charge in [0.1, 0.15) is 5.75 Å². The molecule has 5 nitrogen and oxygen atoms in total. The summed E-state index contributed by atoms with van der Waals surface area (Å²) < 4.78 is 40.5. The molecule has 1 aliphatic rings. The van der Waals surface area contributed by atoms with Crippen LogP contribution in [0.5, 0.6) is 5.75 Å². The molecule has 156 valence electrons. The van der Waals surface area contributed by atoms with Gasteiger partial charge in [0.05, 0.1) is 17.5 Å². The summed E-state index contributed by atoms with van der Waals surface area (Å²) in [7, 11) is 2.09. The summed E-state index contributed by atoms with van der Waals surface area (Å²) in [6.45, 7) is 3.61. The van der Waals surface area contributed by atoms with Crippen LogP contribution in [0.2, 0.25) is 0 Å². The molecule has 1 aliphatic heterocycles. The number of aryl methyl sites for hydroxylation is 1. The number of halogens is 3. The van der Waals surface area contributed by atoms with E-state index in [1.54, 1.807) is 29.2 Å². The first-order valence-electron chi connectivity index (χ1n) is 9.59. The summed E-state index contributed by atoms with van der Waals surface area (Å²) in [5.74, 6) is 0.0181. The highest BCUT2D eigenvalue weighted by Gasteiger charge is 2.32. The highest BCUT2D eigenvalue weighted by atomic mass is 19.4. The van der Waals surface area contributed by atoms with Crippen LogP contribution in [0.4, 0.5) is 13.2 Å². The summed E-state index contributed by atoms with van der Waals surface area (Å²) in [4.78, 5) is 6.71. The van der Waals surface area contributed by atoms with Crippen molar-refractivity contribution in [1.82, 2.24) is 19.7 Å². The van der Waals surface area contributed by atoms with E-state index in [-0.39, 0.29) is 11.1 Å². The molecule has 1 fully saturated rings. The van der Waals surface area contributed by atoms with Crippen LogP contribution in [-0.4, -0.2) is 44.9 Å². The van der Waals surface area contributed by atoms with Gasteiger partial charge in [-0.2, -0.15) is 13.2 Å². The minimum atomic E-state index is -4.52. The van der Waals surface area contributed by atoms with Crippen LogP contribution in [0.15, 0.2) is 42.3 Å². The van der Waals surface area contributed by atoms with Crippen molar-refractivity contribution in [3.63, 3.8) is 0 Å². The highest BCUT2D eigenvalue weighted by Crippen LogP contribution is 2.38. The molecule has 0 aliphatic carbocycles. The van der Waals surface area contributed by atoms with Crippen molar-refractivity contribution in [1.29, 1.82) is 0 Å². The van der Waals surface area contributed by atoms with Crippen LogP contribution in [0, 0.1) is 12.8 Å². The zero-order valence-electron chi connectivity index (χ0n) is 16.6. The number of benzene rings is 1. The first-order chi connectivity index (χ1) is 14.2. The number of aromatic hydroxyl groups is 1. The van der Waals surface area contributed by atoms with Crippen molar-refractivity contribution in [2.75, 3.05) is 20.1 Å². The van der Waals surface area contributed by atoms with Crippen molar-refractivity contribution < 1.29 is 18.3 Å². The first kappa shape index (κ1) is 20.2. The molecule has 2 aromatic heterocycles. The lowest BCUT2D eigenvalue weighted by atomic mass is 10.00. The molecular formula is C22H21F3N4O. The van der Waals surface area contributed by atoms with E-state index < -0.39 is 17.5 Å². The number of fused-ring (bicyclic) bond motifs is 1. The number of alkyl halides is 3. The summed E-state index contributed by atoms with van der Waals surface area (Å²) in [6, 6.07) is 5.17. The molecule has 1 N–H and O–H groups in total. The molecule has 0 radical (unpaired) electrons. The Balaban J connectivity index is 1.64. The number of nitrogens with zero attached hydrogens (tertiary/aromatic N) is 4. The smallest absolute Gasteiger partial charge is 0.416 e. The third-order valence-corrected chi connectivity index (χ3v) is 5.25. The third-order valence-electron chi connectivity index (χ3n) is 5.25. The minimum absolute atomic E-state index is 0.264. The van der Waals surface area contributed by atoms with E-state index in [0.29, 0.717) is 17.3 Å². The maximum Gasteiger partial charge on any atom is 0.416 e. The standard InChI is InChI=1S/C22H21F3N4O/c1-14-10-17(22(23,24)25)11-19(30)20(14)18-6-5-16-13-29(27-21(16)26-18)8-3-4-15-7-9-28(2)12-15/h4-6,8,10-11,13,15,30H,7,9,12H2,1-2H3. The van der Waals surface area contributed by atoms with Gasteiger partial charge in [0.25, 0.3) is 0 Å². The Bertz CT molecular complexity index is 1140. The monoisotopic (exact) mass is 414 g/mol. The summed E-state index contributed by atoms with van der Waals surface area (Å²) >= 11 is 0. The molecule has 3 heterocycles. The van der Waals surface area contributed by atoms with E-state index in [9.17, 15) is 18.3 Å². The molecule has 0 bridgehead atoms. The van der Waals surface area contributed by atoms with E-state index in [2.05, 4.69) is 27.8 Å². The first-order valence-corrected chi connectivity index (χ1v) is 9.59. The molecule has 1 unspecified atom stereocenters. The highest BCUT2D eigenvalue weighted by molar-refractivity contribution is 5.80. The van der Waals surface area contributed by atoms with Gasteiger partial charge in [0, 0.05) is 23.7 Å². The number of hydrogen-bond donors (Lipinski definition) is 1. The van der Waals surface area contributed by atoms with Gasteiger partial charge < -0.3 is 10.0 Å². The van der Waals surface area contributed by atoms with Gasteiger partial charge >= 0.3 is 6.18 Å². The van der Waals surface area contributed by atoms with E-state index in [1.807, 2.05) is 6.08 Å². The predicted octanol–water partition coefficient (Wildman–Crippen LogP) is 4.71. The average molecular weight is 414 g/mol. The predicted molar refractivity (Wildman–Crippen MR) is 109 cm³/mol. The van der Waals surface area contributed by atoms with Crippen molar-refractivity contribution in [3.8, 4) is 17.0 Å². The Hall–Kier alpha value is -3.09. The number of phenolic OH excluding ortho intramolecular Hbond substituents is 1. The molecule has 0 saturated carbocycles. The van der Waals surface area contributed by atoms with Gasteiger partial charge in [-0.3, -0.25) is 0 Å². The number of aromatic nitrogens is 3. The fourth-order valence-corrected chi connectivity index (χ4v) is 3.75. The van der Waals surface area contributed by atoms with Crippen LogP contribution in [0.3, 0.4) is 0 Å². The summed E-state index contributed by atoms with van der Waals surface area (Å²) in [5.41, 5.74) is 3.62. The van der Waals surface area contributed by atoms with Crippen molar-refractivity contribution in [3.05, 3.63) is 53.4 Å². The molecule has 1 atom stereocenters. The number of rotatable bonds is 3. The van der Waals surface area contributed by atoms with Crippen LogP contribution >= 0.6 is 0 Å². The number of pyridine rings is 1. The topological polar surface area (TPSA) is 54.2 Å². The molecule has 0 spiro atoms. The Kier molecular flexibility index (Phi) is 5.13. The zero-order chi connectivity index (χ0) is 21.5. The molecule has 8 heteroatoms. The molecule has 0 amide bonds. The number of phenols is 1. The van der Waals surface area contributed by atoms with Crippen LogP contribution in [0.1, 0.15) is 17.5 Å². The number of hydrogen-bond acceptors (Lipinski definition) is 4. The molecule has 4 rings (SSSR count). The van der Waals surface area contributed by atoms with Crippen LogP contribution < -0.4 is 0 Å². The lowest BCUT2D eigenvalue weighted by Crippen LogP contribution is -2.12. The van der Waals surface area contributed by atoms with E-state index in [0.717, 1.165) is 37.0 Å². The second-order valence-electron chi connectivity index (χ2n) is 7.68. The van der Waals surface area contributed by atoms with Gasteiger partial charge in [0.2, 0.25) is 0 Å². The Labute approximate surface area is 171 Å². The van der Waals surface area contributed by atoms with Gasteiger partial charge in [-0.25, -0.2) is 9.67 Å². The maximum atomic E-state index is 13.0. The second-order valence-corrected chi connectivity index (χ2v) is 7.68. The third kappa shape index (κ3) is 4.10. The summed E-state index contributed by atoms with van der Waals surface area (Å²) in [5, 5.41) is 15.4. The van der Waals surface area contributed by atoms with Crippen molar-refractivity contribution >= 4 is 17.2 Å². The molecule has 30 heavy (non-hydrogen) atoms. The van der Waals surface area contributed by atoms with E-state index >= 15 is 0 Å². The van der Waals surface area contributed by atoms with Gasteiger partial charge in [-0.05, 0) is 68.8 Å².